The number of rotatable bonds is 2. The number of aromatic carboxylic acids is 1. The number of fused-ring (bicyclic) bond motifs is 6. The predicted octanol–water partition coefficient (Wildman–Crippen LogP) is 9.19. The molecule has 2 heterocycles. The van der Waals surface area contributed by atoms with Gasteiger partial charge in [0.15, 0.2) is 14.3 Å². The predicted molar refractivity (Wildman–Crippen MR) is 169 cm³/mol. The number of thiophene rings is 1. The van der Waals surface area contributed by atoms with Crippen molar-refractivity contribution in [3.05, 3.63) is 126 Å². The Bertz CT molecular complexity index is 1750. The molecule has 188 valence electrons. The average Bonchev–Trinajstić information content (AvgIpc) is 3.42. The van der Waals surface area contributed by atoms with Crippen LogP contribution in [-0.4, -0.2) is 15.3 Å². The summed E-state index contributed by atoms with van der Waals surface area (Å²) in [5.41, 5.74) is 3.70. The molecule has 3 nitrogen and oxygen atoms in total. The van der Waals surface area contributed by atoms with E-state index in [0.717, 1.165) is 31.4 Å². The van der Waals surface area contributed by atoms with Crippen molar-refractivity contribution >= 4 is 71.4 Å². The molecule has 6 heteroatoms. The zero-order valence-electron chi connectivity index (χ0n) is 20.5. The van der Waals surface area contributed by atoms with Gasteiger partial charge in [0.1, 0.15) is 0 Å². The molecule has 6 aromatic rings. The van der Waals surface area contributed by atoms with Gasteiger partial charge < -0.3 is 5.11 Å². The van der Waals surface area contributed by atoms with Gasteiger partial charge in [0.25, 0.3) is 0 Å². The highest BCUT2D eigenvalue weighted by atomic mass is 127. The van der Waals surface area contributed by atoms with Crippen LogP contribution in [0.3, 0.4) is 0 Å². The van der Waals surface area contributed by atoms with E-state index >= 15 is 0 Å². The molecule has 0 aliphatic carbocycles. The highest BCUT2D eigenvalue weighted by molar-refractivity contribution is 14.0. The molecule has 7 rings (SSSR count). The molecule has 0 unspecified atom stereocenters. The van der Waals surface area contributed by atoms with Crippen molar-refractivity contribution in [2.24, 2.45) is 0 Å². The van der Waals surface area contributed by atoms with Crippen molar-refractivity contribution in [2.75, 3.05) is 0 Å². The molecule has 38 heavy (non-hydrogen) atoms. The fraction of sp³-hybridized carbons (Fsp3) is 0.0312. The lowest BCUT2D eigenvalue weighted by Gasteiger charge is -2.00. The van der Waals surface area contributed by atoms with E-state index in [2.05, 4.69) is 55.5 Å². The minimum absolute atomic E-state index is 0. The molecule has 5 aromatic carbocycles. The van der Waals surface area contributed by atoms with Crippen molar-refractivity contribution in [1.82, 2.24) is 0 Å². The Balaban J connectivity index is 0.000000168. The van der Waals surface area contributed by atoms with Crippen LogP contribution in [0.1, 0.15) is 15.9 Å². The van der Waals surface area contributed by atoms with Gasteiger partial charge >= 0.3 is 5.97 Å². The van der Waals surface area contributed by atoms with Crippen LogP contribution < -0.4 is 0 Å². The minimum Gasteiger partial charge on any atom is -0.478 e. The SMILES string of the molecule is Cc1ccc(C(=O)O)cc1-[s+]1c2ccccc2c2ccccc21.I.O=S1c2ccccc2-c2ccccc21. The van der Waals surface area contributed by atoms with Crippen LogP contribution in [0.15, 0.2) is 125 Å². The van der Waals surface area contributed by atoms with Crippen LogP contribution in [0, 0.1) is 6.92 Å². The van der Waals surface area contributed by atoms with Crippen molar-refractivity contribution in [3.63, 3.8) is 0 Å². The Morgan fingerprint density at radius 3 is 1.68 bits per heavy atom. The Morgan fingerprint density at radius 2 is 1.16 bits per heavy atom. The first kappa shape index (κ1) is 26.3. The van der Waals surface area contributed by atoms with E-state index in [1.807, 2.05) is 60.7 Å². The third-order valence-corrected chi connectivity index (χ3v) is 10.6. The van der Waals surface area contributed by atoms with E-state index in [-0.39, 0.29) is 34.4 Å². The number of halogens is 1. The number of aryl methyl sites for hydroxylation is 1. The highest BCUT2D eigenvalue weighted by Gasteiger charge is 2.26. The molecule has 0 saturated heterocycles. The molecular formula is C32H24IO3S2+. The van der Waals surface area contributed by atoms with Crippen molar-refractivity contribution in [2.45, 2.75) is 16.7 Å². The van der Waals surface area contributed by atoms with Gasteiger partial charge in [0, 0.05) is 32.9 Å². The fourth-order valence-corrected chi connectivity index (χ4v) is 8.83. The maximum absolute atomic E-state index is 12.0. The zero-order valence-corrected chi connectivity index (χ0v) is 24.4. The lowest BCUT2D eigenvalue weighted by atomic mass is 10.1. The van der Waals surface area contributed by atoms with Crippen molar-refractivity contribution < 1.29 is 14.1 Å². The average molecular weight is 648 g/mol. The van der Waals surface area contributed by atoms with Crippen LogP contribution in [0.4, 0.5) is 0 Å². The van der Waals surface area contributed by atoms with Crippen LogP contribution >= 0.6 is 34.4 Å². The maximum atomic E-state index is 12.0. The quantitative estimate of drug-likeness (QED) is 0.150. The second-order valence-corrected chi connectivity index (χ2v) is 12.2. The smallest absolute Gasteiger partial charge is 0.335 e. The first-order chi connectivity index (χ1) is 18.0. The number of carbonyl (C=O) groups is 1. The van der Waals surface area contributed by atoms with E-state index in [1.165, 1.54) is 20.2 Å². The fourth-order valence-electron chi connectivity index (χ4n) is 4.86. The third kappa shape index (κ3) is 4.46. The summed E-state index contributed by atoms with van der Waals surface area (Å²) in [7, 11) is -1.22. The number of carboxylic acids is 1. The summed E-state index contributed by atoms with van der Waals surface area (Å²) >= 11 is 0. The first-order valence-corrected chi connectivity index (χ1v) is 14.3. The summed E-state index contributed by atoms with van der Waals surface area (Å²) in [6, 6.07) is 38.0. The summed E-state index contributed by atoms with van der Waals surface area (Å²) < 4.78 is 14.6. The maximum Gasteiger partial charge on any atom is 0.335 e. The van der Waals surface area contributed by atoms with E-state index < -0.39 is 16.8 Å². The molecule has 0 atom stereocenters. The van der Waals surface area contributed by atoms with E-state index in [9.17, 15) is 14.1 Å². The van der Waals surface area contributed by atoms with Gasteiger partial charge in [-0.2, -0.15) is 0 Å². The minimum atomic E-state index is -0.973. The van der Waals surface area contributed by atoms with Crippen LogP contribution in [0.5, 0.6) is 0 Å². The van der Waals surface area contributed by atoms with Gasteiger partial charge in [-0.15, -0.1) is 24.0 Å². The van der Waals surface area contributed by atoms with E-state index in [4.69, 9.17) is 0 Å². The summed E-state index contributed by atoms with van der Waals surface area (Å²) in [6.45, 7) is 2.05. The Hall–Kier alpha value is -3.33. The van der Waals surface area contributed by atoms with Crippen LogP contribution in [0.25, 0.3) is 36.2 Å². The summed E-state index contributed by atoms with van der Waals surface area (Å²) in [5.74, 6) is -0.879. The zero-order chi connectivity index (χ0) is 25.5. The molecule has 0 saturated carbocycles. The molecule has 1 aromatic heterocycles. The lowest BCUT2D eigenvalue weighted by Crippen LogP contribution is -1.96. The molecule has 0 radical (unpaired) electrons. The van der Waals surface area contributed by atoms with Gasteiger partial charge in [-0.25, -0.2) is 9.00 Å². The summed E-state index contributed by atoms with van der Waals surface area (Å²) in [6.07, 6.45) is 0. The van der Waals surface area contributed by atoms with Gasteiger partial charge in [0.2, 0.25) is 0 Å². The van der Waals surface area contributed by atoms with Crippen molar-refractivity contribution in [1.29, 1.82) is 0 Å². The molecule has 1 aliphatic heterocycles. The lowest BCUT2D eigenvalue weighted by molar-refractivity contribution is 0.0697. The van der Waals surface area contributed by atoms with Gasteiger partial charge in [0.05, 0.1) is 26.2 Å². The molecular weight excluding hydrogens is 623 g/mol. The number of carboxylic acid groups (broad SMARTS) is 1. The Labute approximate surface area is 243 Å². The van der Waals surface area contributed by atoms with Crippen LogP contribution in [-0.2, 0) is 10.8 Å². The molecule has 1 N–H and O–H groups in total. The number of hydrogen-bond acceptors (Lipinski definition) is 2. The Morgan fingerprint density at radius 1 is 0.684 bits per heavy atom. The van der Waals surface area contributed by atoms with Crippen molar-refractivity contribution in [3.8, 4) is 16.0 Å². The van der Waals surface area contributed by atoms with E-state index in [1.54, 1.807) is 6.07 Å². The van der Waals surface area contributed by atoms with Crippen LogP contribution in [0.2, 0.25) is 0 Å². The first-order valence-electron chi connectivity index (χ1n) is 11.9. The topological polar surface area (TPSA) is 54.4 Å². The molecule has 0 bridgehead atoms. The van der Waals surface area contributed by atoms with Gasteiger partial charge in [-0.05, 0) is 60.5 Å². The van der Waals surface area contributed by atoms with Gasteiger partial charge in [-0.3, -0.25) is 0 Å². The number of benzene rings is 5. The van der Waals surface area contributed by atoms with E-state index in [0.29, 0.717) is 5.56 Å². The number of hydrogen-bond donors (Lipinski definition) is 1. The molecule has 1 aliphatic rings. The monoisotopic (exact) mass is 647 g/mol. The van der Waals surface area contributed by atoms with Gasteiger partial charge in [-0.1, -0.05) is 66.7 Å². The molecule has 0 amide bonds. The standard InChI is InChI=1S/C20H14O2S.C12H8OS.HI/c1-13-10-11-14(20(21)22)12-19(13)23-17-8-4-2-6-15(17)16-7-3-5-9-18(16)23;13-14-11-7-3-1-5-9(11)10-6-2-4-8-12(10)14;/h2-12H,1H3;1-8H;1H/p+1. The molecule has 0 fully saturated rings. The summed E-state index contributed by atoms with van der Waals surface area (Å²) in [5, 5.41) is 11.8. The largest absolute Gasteiger partial charge is 0.478 e. The summed E-state index contributed by atoms with van der Waals surface area (Å²) in [4.78, 5) is 14.4. The molecule has 0 spiro atoms. The highest BCUT2D eigenvalue weighted by Crippen LogP contribution is 2.49. The normalized spacial score (nSPS) is 11.8. The third-order valence-electron chi connectivity index (χ3n) is 6.62. The second kappa shape index (κ2) is 10.8. The Kier molecular flexibility index (Phi) is 7.47. The second-order valence-electron chi connectivity index (χ2n) is 8.84.